The van der Waals surface area contributed by atoms with E-state index in [0.717, 1.165) is 58.0 Å². The Morgan fingerprint density at radius 2 is 1.87 bits per heavy atom. The van der Waals surface area contributed by atoms with Gasteiger partial charge in [0.05, 0.1) is 17.6 Å². The molecule has 4 fully saturated rings. The van der Waals surface area contributed by atoms with Crippen LogP contribution in [0.5, 0.6) is 0 Å². The van der Waals surface area contributed by atoms with Gasteiger partial charge >= 0.3 is 0 Å². The van der Waals surface area contributed by atoms with E-state index < -0.39 is 0 Å². The Morgan fingerprint density at radius 1 is 1.10 bits per heavy atom. The number of rotatable bonds is 5. The summed E-state index contributed by atoms with van der Waals surface area (Å²) < 4.78 is 13.1. The van der Waals surface area contributed by atoms with Crippen LogP contribution in [-0.2, 0) is 14.3 Å². The van der Waals surface area contributed by atoms with Crippen molar-refractivity contribution < 1.29 is 19.4 Å². The van der Waals surface area contributed by atoms with Crippen LogP contribution in [0.2, 0.25) is 0 Å². The molecule has 3 unspecified atom stereocenters. The van der Waals surface area contributed by atoms with Crippen molar-refractivity contribution in [2.24, 2.45) is 34.5 Å². The van der Waals surface area contributed by atoms with E-state index in [0.29, 0.717) is 23.7 Å². The van der Waals surface area contributed by atoms with E-state index in [9.17, 15) is 9.90 Å². The minimum Gasteiger partial charge on any atom is -0.389 e. The highest BCUT2D eigenvalue weighted by Gasteiger charge is 2.62. The SMILES string of the molecule is CCOC1(OC2CC[C@H]3[C@@H]4CC(C)C5=CC(O)CC[C@]5(C=O)[C@@H]4CC[C@]23C)CCCC1. The van der Waals surface area contributed by atoms with Crippen molar-refractivity contribution >= 4 is 6.29 Å². The predicted octanol–water partition coefficient (Wildman–Crippen LogP) is 5.43. The fourth-order valence-corrected chi connectivity index (χ4v) is 8.88. The third-order valence-corrected chi connectivity index (χ3v) is 10.3. The van der Waals surface area contributed by atoms with Crippen molar-refractivity contribution in [3.05, 3.63) is 11.6 Å². The van der Waals surface area contributed by atoms with E-state index in [1.807, 2.05) is 6.08 Å². The number of hydrogen-bond donors (Lipinski definition) is 1. The van der Waals surface area contributed by atoms with Crippen LogP contribution in [0.15, 0.2) is 11.6 Å². The molecule has 0 amide bonds. The Balaban J connectivity index is 1.42. The molecule has 5 aliphatic carbocycles. The van der Waals surface area contributed by atoms with Crippen LogP contribution in [0.4, 0.5) is 0 Å². The largest absolute Gasteiger partial charge is 0.389 e. The second kappa shape index (κ2) is 7.95. The molecule has 0 heterocycles. The summed E-state index contributed by atoms with van der Waals surface area (Å²) in [5.41, 5.74) is 1.10. The minimum atomic E-state index is -0.374. The van der Waals surface area contributed by atoms with Gasteiger partial charge in [-0.15, -0.1) is 0 Å². The van der Waals surface area contributed by atoms with E-state index in [4.69, 9.17) is 9.47 Å². The quantitative estimate of drug-likeness (QED) is 0.359. The molecule has 8 atom stereocenters. The molecule has 5 aliphatic rings. The third-order valence-electron chi connectivity index (χ3n) is 10.3. The third kappa shape index (κ3) is 3.30. The Bertz CT molecular complexity index is 725. The highest BCUT2D eigenvalue weighted by Crippen LogP contribution is 2.66. The Morgan fingerprint density at radius 3 is 2.58 bits per heavy atom. The number of allylic oxidation sites excluding steroid dienone is 1. The summed E-state index contributed by atoms with van der Waals surface area (Å²) in [6, 6.07) is 0. The van der Waals surface area contributed by atoms with Crippen molar-refractivity contribution in [3.63, 3.8) is 0 Å². The molecular formula is C27H42O4. The molecule has 0 spiro atoms. The van der Waals surface area contributed by atoms with Gasteiger partial charge in [0.2, 0.25) is 0 Å². The maximum atomic E-state index is 12.6. The van der Waals surface area contributed by atoms with E-state index in [1.165, 1.54) is 31.1 Å². The highest BCUT2D eigenvalue weighted by atomic mass is 16.7. The van der Waals surface area contributed by atoms with E-state index in [-0.39, 0.29) is 28.8 Å². The molecule has 31 heavy (non-hydrogen) atoms. The molecule has 0 bridgehead atoms. The zero-order valence-corrected chi connectivity index (χ0v) is 19.8. The number of fused-ring (bicyclic) bond motifs is 5. The van der Waals surface area contributed by atoms with Crippen LogP contribution in [0.3, 0.4) is 0 Å². The molecule has 4 nitrogen and oxygen atoms in total. The van der Waals surface area contributed by atoms with Crippen molar-refractivity contribution in [1.29, 1.82) is 0 Å². The smallest absolute Gasteiger partial charge is 0.168 e. The van der Waals surface area contributed by atoms with Gasteiger partial charge in [0, 0.05) is 19.4 Å². The maximum Gasteiger partial charge on any atom is 0.168 e. The van der Waals surface area contributed by atoms with Crippen LogP contribution in [0.1, 0.15) is 91.4 Å². The zero-order valence-electron chi connectivity index (χ0n) is 19.8. The molecule has 0 aromatic heterocycles. The summed E-state index contributed by atoms with van der Waals surface area (Å²) in [6.45, 7) is 7.57. The van der Waals surface area contributed by atoms with Gasteiger partial charge in [-0.05, 0) is 93.8 Å². The van der Waals surface area contributed by atoms with Gasteiger partial charge < -0.3 is 19.4 Å². The zero-order chi connectivity index (χ0) is 21.9. The van der Waals surface area contributed by atoms with Crippen molar-refractivity contribution in [3.8, 4) is 0 Å². The normalized spacial score (nSPS) is 48.5. The van der Waals surface area contributed by atoms with E-state index >= 15 is 0 Å². The van der Waals surface area contributed by atoms with Crippen molar-refractivity contribution in [1.82, 2.24) is 0 Å². The van der Waals surface area contributed by atoms with Crippen LogP contribution >= 0.6 is 0 Å². The van der Waals surface area contributed by atoms with E-state index in [1.54, 1.807) is 0 Å². The van der Waals surface area contributed by atoms with Crippen LogP contribution < -0.4 is 0 Å². The number of aldehydes is 1. The fraction of sp³-hybridized carbons (Fsp3) is 0.889. The lowest BCUT2D eigenvalue weighted by Gasteiger charge is -2.59. The molecule has 1 N–H and O–H groups in total. The first-order valence-electron chi connectivity index (χ1n) is 13.1. The summed E-state index contributed by atoms with van der Waals surface area (Å²) in [7, 11) is 0. The predicted molar refractivity (Wildman–Crippen MR) is 120 cm³/mol. The van der Waals surface area contributed by atoms with Gasteiger partial charge in [0.15, 0.2) is 5.79 Å². The highest BCUT2D eigenvalue weighted by molar-refractivity contribution is 5.68. The average Bonchev–Trinajstić information content (AvgIpc) is 3.34. The van der Waals surface area contributed by atoms with Gasteiger partial charge in [0.1, 0.15) is 6.29 Å². The molecule has 4 saturated carbocycles. The Hall–Kier alpha value is -0.710. The lowest BCUT2D eigenvalue weighted by molar-refractivity contribution is -0.273. The van der Waals surface area contributed by atoms with Gasteiger partial charge in [-0.25, -0.2) is 0 Å². The second-order valence-corrected chi connectivity index (χ2v) is 11.7. The van der Waals surface area contributed by atoms with Crippen LogP contribution in [-0.4, -0.2) is 36.0 Å². The average molecular weight is 431 g/mol. The van der Waals surface area contributed by atoms with Gasteiger partial charge in [-0.1, -0.05) is 25.5 Å². The number of aliphatic hydroxyl groups is 1. The maximum absolute atomic E-state index is 12.6. The molecule has 0 aromatic carbocycles. The first kappa shape index (κ1) is 22.1. The first-order chi connectivity index (χ1) is 14.9. The number of carbonyl (C=O) groups is 1. The van der Waals surface area contributed by atoms with Crippen molar-refractivity contribution in [2.75, 3.05) is 6.61 Å². The van der Waals surface area contributed by atoms with Gasteiger partial charge in [-0.2, -0.15) is 0 Å². The van der Waals surface area contributed by atoms with Gasteiger partial charge in [-0.3, -0.25) is 0 Å². The van der Waals surface area contributed by atoms with Crippen molar-refractivity contribution in [2.45, 2.75) is 109 Å². The lowest BCUT2D eigenvalue weighted by atomic mass is 9.45. The van der Waals surface area contributed by atoms with Gasteiger partial charge in [0.25, 0.3) is 0 Å². The summed E-state index contributed by atoms with van der Waals surface area (Å²) in [5.74, 6) is 1.68. The lowest BCUT2D eigenvalue weighted by Crippen LogP contribution is -2.55. The summed E-state index contributed by atoms with van der Waals surface area (Å²) in [5, 5.41) is 10.3. The molecule has 0 aliphatic heterocycles. The van der Waals surface area contributed by atoms with Crippen LogP contribution in [0.25, 0.3) is 0 Å². The Kier molecular flexibility index (Phi) is 5.67. The summed E-state index contributed by atoms with van der Waals surface area (Å²) >= 11 is 0. The molecule has 4 heteroatoms. The van der Waals surface area contributed by atoms with Crippen LogP contribution in [0, 0.1) is 34.5 Å². The number of aliphatic hydroxyl groups excluding tert-OH is 1. The standard InChI is InChI=1S/C27H42O4/c1-4-30-27(11-5-6-12-27)31-24-8-7-21-20-15-18(2)23-16-19(29)9-14-26(23,17-28)22(20)10-13-25(21,24)3/h16-22,24,29H,4-15H2,1-3H3/t18?,19?,20-,21-,22+,24?,25-,26-/m0/s1. The molecular weight excluding hydrogens is 388 g/mol. The number of ether oxygens (including phenoxy) is 2. The number of carbonyl (C=O) groups excluding carboxylic acids is 1. The summed E-state index contributed by atoms with van der Waals surface area (Å²) in [4.78, 5) is 12.6. The molecule has 0 aromatic rings. The minimum absolute atomic E-state index is 0.188. The molecule has 5 rings (SSSR count). The fourth-order valence-electron chi connectivity index (χ4n) is 8.88. The molecule has 0 radical (unpaired) electrons. The Labute approximate surface area is 188 Å². The number of hydrogen-bond acceptors (Lipinski definition) is 4. The topological polar surface area (TPSA) is 55.8 Å². The monoisotopic (exact) mass is 430 g/mol. The molecule has 174 valence electrons. The summed E-state index contributed by atoms with van der Waals surface area (Å²) in [6.07, 6.45) is 15.0. The van der Waals surface area contributed by atoms with E-state index in [2.05, 4.69) is 20.8 Å². The second-order valence-electron chi connectivity index (χ2n) is 11.7. The molecule has 0 saturated heterocycles. The first-order valence-corrected chi connectivity index (χ1v) is 13.1.